The molecule has 0 spiro atoms. The molecule has 1 aliphatic rings. The molecule has 3 rings (SSSR count). The highest BCUT2D eigenvalue weighted by Crippen LogP contribution is 2.41. The molecular formula is C17H11ClF5N2+. The quantitative estimate of drug-likeness (QED) is 0.295. The van der Waals surface area contributed by atoms with Gasteiger partial charge < -0.3 is 0 Å². The third-order valence-corrected chi connectivity index (χ3v) is 4.33. The van der Waals surface area contributed by atoms with Gasteiger partial charge in [-0.3, -0.25) is 0 Å². The Labute approximate surface area is 145 Å². The van der Waals surface area contributed by atoms with E-state index in [0.717, 1.165) is 18.2 Å². The molecule has 0 amide bonds. The highest BCUT2D eigenvalue weighted by atomic mass is 35.5. The highest BCUT2D eigenvalue weighted by Gasteiger charge is 2.40. The van der Waals surface area contributed by atoms with Gasteiger partial charge in [0, 0.05) is 17.7 Å². The Kier molecular flexibility index (Phi) is 4.38. The molecular weight excluding hydrogens is 363 g/mol. The van der Waals surface area contributed by atoms with Crippen LogP contribution in [0.25, 0.3) is 11.1 Å². The first-order valence-corrected chi connectivity index (χ1v) is 7.49. The van der Waals surface area contributed by atoms with Crippen LogP contribution in [0.5, 0.6) is 0 Å². The van der Waals surface area contributed by atoms with Crippen LogP contribution < -0.4 is 4.59 Å². The first-order valence-electron chi connectivity index (χ1n) is 7.11. The molecule has 2 aromatic rings. The Hall–Kier alpha value is -2.25. The maximum Gasteiger partial charge on any atom is 0.285 e. The third-order valence-electron chi connectivity index (χ3n) is 3.89. The zero-order valence-electron chi connectivity index (χ0n) is 12.8. The summed E-state index contributed by atoms with van der Waals surface area (Å²) >= 11 is 6.12. The number of para-hydroxylation sites is 1. The second kappa shape index (κ2) is 6.24. The van der Waals surface area contributed by atoms with E-state index in [1.807, 2.05) is 0 Å². The van der Waals surface area contributed by atoms with Gasteiger partial charge in [-0.05, 0) is 35.4 Å². The fourth-order valence-electron chi connectivity index (χ4n) is 2.64. The fourth-order valence-corrected chi connectivity index (χ4v) is 2.88. The summed E-state index contributed by atoms with van der Waals surface area (Å²) in [5.74, 6) is -4.29. The molecule has 1 aliphatic heterocycles. The van der Waals surface area contributed by atoms with Crippen LogP contribution in [0.15, 0.2) is 52.7 Å². The van der Waals surface area contributed by atoms with Crippen LogP contribution in [-0.4, -0.2) is 19.2 Å². The molecule has 0 N–H and O–H groups in total. The molecule has 0 radical (unpaired) electrons. The van der Waals surface area contributed by atoms with E-state index >= 15 is 0 Å². The largest absolute Gasteiger partial charge is 0.285 e. The van der Waals surface area contributed by atoms with Crippen molar-refractivity contribution in [1.82, 2.24) is 4.59 Å². The normalized spacial score (nSPS) is 20.0. The van der Waals surface area contributed by atoms with Crippen LogP contribution in [0.1, 0.15) is 0 Å². The zero-order chi connectivity index (χ0) is 18.4. The van der Waals surface area contributed by atoms with Gasteiger partial charge in [-0.25, -0.2) is 22.0 Å². The lowest BCUT2D eigenvalue weighted by atomic mass is 10.0. The van der Waals surface area contributed by atoms with Gasteiger partial charge in [0.25, 0.3) is 6.43 Å². The number of rotatable bonds is 3. The molecule has 1 atom stereocenters. The van der Waals surface area contributed by atoms with Gasteiger partial charge in [0.2, 0.25) is 5.16 Å². The average molecular weight is 374 g/mol. The first kappa shape index (κ1) is 17.6. The molecule has 2 nitrogen and oxygen atoms in total. The second-order valence-electron chi connectivity index (χ2n) is 5.52. The molecule has 25 heavy (non-hydrogen) atoms. The van der Waals surface area contributed by atoms with E-state index in [9.17, 15) is 22.0 Å². The topological polar surface area (TPSA) is 12.4 Å². The average Bonchev–Trinajstić information content (AvgIpc) is 2.89. The van der Waals surface area contributed by atoms with Crippen molar-refractivity contribution in [1.29, 1.82) is 0 Å². The van der Waals surface area contributed by atoms with Gasteiger partial charge in [-0.1, -0.05) is 17.2 Å². The molecule has 2 aromatic carbocycles. The number of hydrogen-bond acceptors (Lipinski definition) is 1. The molecule has 1 heterocycles. The van der Waals surface area contributed by atoms with Crippen LogP contribution in [0.4, 0.5) is 27.6 Å². The second-order valence-corrected chi connectivity index (χ2v) is 5.91. The van der Waals surface area contributed by atoms with Gasteiger partial charge >= 0.3 is 0 Å². The zero-order valence-corrected chi connectivity index (χ0v) is 13.5. The predicted molar refractivity (Wildman–Crippen MR) is 86.8 cm³/mol. The molecule has 0 saturated heterocycles. The Morgan fingerprint density at radius 3 is 2.20 bits per heavy atom. The molecule has 0 fully saturated rings. The van der Waals surface area contributed by atoms with Crippen LogP contribution in [0, 0.1) is 17.5 Å². The Bertz CT molecular complexity index is 887. The van der Waals surface area contributed by atoms with Crippen LogP contribution in [0.2, 0.25) is 0 Å². The molecule has 0 aliphatic carbocycles. The lowest BCUT2D eigenvalue weighted by molar-refractivity contribution is 0.225. The van der Waals surface area contributed by atoms with E-state index in [1.165, 1.54) is 13.1 Å². The van der Waals surface area contributed by atoms with E-state index in [-0.39, 0.29) is 16.3 Å². The standard InChI is InChI=1S/C17H11ClF5N2/c1-25(15(18)8-13(24-25)17(22)23)14-5-3-2-4-10(14)9-6-11(19)16(21)12(20)7-9/h2-8,17H,1H3/q+1. The summed E-state index contributed by atoms with van der Waals surface area (Å²) < 4.78 is 65.8. The van der Waals surface area contributed by atoms with E-state index in [4.69, 9.17) is 11.6 Å². The minimum Gasteiger partial charge on any atom is -0.204 e. The number of hydrogen-bond donors (Lipinski definition) is 0. The Balaban J connectivity index is 2.20. The fraction of sp³-hybridized carbons (Fsp3) is 0.118. The van der Waals surface area contributed by atoms with Gasteiger partial charge in [-0.15, -0.1) is 4.59 Å². The SMILES string of the molecule is C[N+]1(c2ccccc2-c2cc(F)c(F)c(F)c2)N=C(C(F)F)C=C1Cl. The number of alkyl halides is 2. The van der Waals surface area contributed by atoms with Crippen molar-refractivity contribution in [2.24, 2.45) is 5.10 Å². The smallest absolute Gasteiger partial charge is 0.204 e. The van der Waals surface area contributed by atoms with E-state index in [0.29, 0.717) is 5.69 Å². The third kappa shape index (κ3) is 2.94. The number of nitrogens with zero attached hydrogens (tertiary/aromatic N) is 2. The van der Waals surface area contributed by atoms with E-state index < -0.39 is 34.2 Å². The maximum atomic E-state index is 13.6. The monoisotopic (exact) mass is 373 g/mol. The lowest BCUT2D eigenvalue weighted by Crippen LogP contribution is -2.34. The van der Waals surface area contributed by atoms with Gasteiger partial charge in [0.15, 0.2) is 28.9 Å². The molecule has 8 heteroatoms. The van der Waals surface area contributed by atoms with Gasteiger partial charge in [0.1, 0.15) is 7.05 Å². The number of benzene rings is 2. The first-order chi connectivity index (χ1) is 11.7. The summed E-state index contributed by atoms with van der Waals surface area (Å²) in [5, 5.41) is 3.93. The van der Waals surface area contributed by atoms with Crippen molar-refractivity contribution >= 4 is 23.0 Å². The van der Waals surface area contributed by atoms with E-state index in [2.05, 4.69) is 5.10 Å². The summed E-state index contributed by atoms with van der Waals surface area (Å²) in [7, 11) is 1.46. The Morgan fingerprint density at radius 2 is 1.64 bits per heavy atom. The molecule has 0 aromatic heterocycles. The maximum absolute atomic E-state index is 13.6. The van der Waals surface area contributed by atoms with Gasteiger partial charge in [0.05, 0.1) is 0 Å². The van der Waals surface area contributed by atoms with Crippen molar-refractivity contribution in [2.75, 3.05) is 7.05 Å². The van der Waals surface area contributed by atoms with Crippen molar-refractivity contribution < 1.29 is 22.0 Å². The minimum atomic E-state index is -2.82. The molecule has 1 unspecified atom stereocenters. The number of quaternary nitrogens is 1. The van der Waals surface area contributed by atoms with E-state index in [1.54, 1.807) is 18.2 Å². The Morgan fingerprint density at radius 1 is 1.04 bits per heavy atom. The molecule has 0 bridgehead atoms. The summed E-state index contributed by atoms with van der Waals surface area (Å²) in [5.41, 5.74) is 0.133. The molecule has 130 valence electrons. The van der Waals surface area contributed by atoms with Gasteiger partial charge in [-0.2, -0.15) is 0 Å². The van der Waals surface area contributed by atoms with Crippen molar-refractivity contribution in [3.63, 3.8) is 0 Å². The number of halogens is 6. The summed E-state index contributed by atoms with van der Waals surface area (Å²) in [6.07, 6.45) is -1.77. The van der Waals surface area contributed by atoms with Crippen molar-refractivity contribution in [3.05, 3.63) is 65.1 Å². The highest BCUT2D eigenvalue weighted by molar-refractivity contribution is 6.33. The molecule has 0 saturated carbocycles. The minimum absolute atomic E-state index is 0.00851. The lowest BCUT2D eigenvalue weighted by Gasteiger charge is -2.25. The summed E-state index contributed by atoms with van der Waals surface area (Å²) in [6.45, 7) is 0. The van der Waals surface area contributed by atoms with Crippen LogP contribution in [-0.2, 0) is 0 Å². The number of allylic oxidation sites excluding steroid dienone is 1. The summed E-state index contributed by atoms with van der Waals surface area (Å²) in [6, 6.07) is 7.92. The van der Waals surface area contributed by atoms with Crippen molar-refractivity contribution in [3.8, 4) is 11.1 Å². The predicted octanol–water partition coefficient (Wildman–Crippen LogP) is 5.42. The van der Waals surface area contributed by atoms with Crippen molar-refractivity contribution in [2.45, 2.75) is 6.43 Å². The van der Waals surface area contributed by atoms with Crippen LogP contribution >= 0.6 is 11.6 Å². The summed E-state index contributed by atoms with van der Waals surface area (Å²) in [4.78, 5) is 0. The van der Waals surface area contributed by atoms with Crippen LogP contribution in [0.3, 0.4) is 0 Å².